The van der Waals surface area contributed by atoms with E-state index in [4.69, 9.17) is 14.1 Å². The first-order valence-corrected chi connectivity index (χ1v) is 23.2. The second kappa shape index (κ2) is 18.1. The van der Waals surface area contributed by atoms with Crippen LogP contribution >= 0.6 is 0 Å². The predicted octanol–water partition coefficient (Wildman–Crippen LogP) is 16.0. The number of imidazole rings is 1. The summed E-state index contributed by atoms with van der Waals surface area (Å²) in [4.78, 5) is 10.5. The number of aromatic nitrogens is 4. The van der Waals surface area contributed by atoms with Crippen LogP contribution in [0.15, 0.2) is 225 Å². The molecule has 1 N–H and O–H groups in total. The summed E-state index contributed by atoms with van der Waals surface area (Å²) in [6.07, 6.45) is 1.87. The van der Waals surface area contributed by atoms with E-state index in [-0.39, 0.29) is 37.8 Å². The minimum absolute atomic E-state index is 0. The van der Waals surface area contributed by atoms with Crippen molar-refractivity contribution in [1.82, 2.24) is 19.1 Å². The number of phenolic OH excluding ortho intramolecular Hbond substituents is 1. The molecule has 12 aromatic rings. The predicted molar refractivity (Wildman–Crippen MR) is 284 cm³/mol. The number of phenols is 1. The molecule has 0 unspecified atom stereocenters. The third kappa shape index (κ3) is 7.64. The monoisotopic (exact) mass is 1090 g/mol. The Morgan fingerprint density at radius 1 is 0.543 bits per heavy atom. The fourth-order valence-corrected chi connectivity index (χ4v) is 10.1. The molecule has 3 aromatic heterocycles. The van der Waals surface area contributed by atoms with E-state index < -0.39 is 6.85 Å². The third-order valence-corrected chi connectivity index (χ3v) is 13.6. The van der Waals surface area contributed by atoms with Gasteiger partial charge >= 0.3 is 0 Å². The largest absolute Gasteiger partial charge is 0.507 e. The molecule has 9 aromatic carbocycles. The van der Waals surface area contributed by atoms with Crippen LogP contribution in [-0.4, -0.2) is 24.2 Å². The molecule has 0 amide bonds. The molecule has 0 fully saturated rings. The van der Waals surface area contributed by atoms with E-state index in [1.807, 2.05) is 77.5 Å². The summed E-state index contributed by atoms with van der Waals surface area (Å²) in [5, 5.41) is 13.6. The SMILES string of the molecule is [2H]C([2H])([2H])c1ccc(-n2c(-c3ccccc3O)nc3c(-c4[c-]c(-c5cc(-c6ccc(C(C)(C)c7ccccc7)cc6)ccn5)cc5c4c4ccccc4n5-c4ccccc4)cccc32)c(-c2ccccc2)c1.[Pt]. The van der Waals surface area contributed by atoms with Crippen molar-refractivity contribution in [3.63, 3.8) is 0 Å². The van der Waals surface area contributed by atoms with Crippen LogP contribution in [0, 0.1) is 12.9 Å². The smallest absolute Gasteiger partial charge is 0.148 e. The average Bonchev–Trinajstić information content (AvgIpc) is 3.97. The van der Waals surface area contributed by atoms with Crippen LogP contribution in [0.1, 0.15) is 34.7 Å². The van der Waals surface area contributed by atoms with Gasteiger partial charge in [-0.25, -0.2) is 4.98 Å². The van der Waals surface area contributed by atoms with Gasteiger partial charge < -0.3 is 9.67 Å². The van der Waals surface area contributed by atoms with E-state index in [1.165, 1.54) is 11.1 Å². The van der Waals surface area contributed by atoms with Gasteiger partial charge in [0.25, 0.3) is 0 Å². The molecule has 0 atom stereocenters. The zero-order valence-electron chi connectivity index (χ0n) is 41.4. The number of para-hydroxylation sites is 4. The number of nitrogens with zero attached hydrogens (tertiary/aromatic N) is 4. The van der Waals surface area contributed by atoms with E-state index in [0.29, 0.717) is 28.2 Å². The van der Waals surface area contributed by atoms with Gasteiger partial charge in [-0.1, -0.05) is 200 Å². The Morgan fingerprint density at radius 3 is 1.99 bits per heavy atom. The first kappa shape index (κ1) is 40.9. The molecular weight excluding hydrogens is 1040 g/mol. The molecular formula is C64H47N4OPt-. The first-order chi connectivity index (χ1) is 35.0. The number of benzene rings is 9. The Morgan fingerprint density at radius 2 is 1.21 bits per heavy atom. The second-order valence-corrected chi connectivity index (χ2v) is 18.1. The quantitative estimate of drug-likeness (QED) is 0.147. The molecule has 0 bridgehead atoms. The molecule has 5 nitrogen and oxygen atoms in total. The molecule has 12 rings (SSSR count). The minimum atomic E-state index is -2.34. The van der Waals surface area contributed by atoms with E-state index in [2.05, 4.69) is 152 Å². The summed E-state index contributed by atoms with van der Waals surface area (Å²) >= 11 is 0. The average molecular weight is 1090 g/mol. The molecule has 0 saturated heterocycles. The van der Waals surface area contributed by atoms with Crippen LogP contribution in [-0.2, 0) is 26.5 Å². The van der Waals surface area contributed by atoms with Gasteiger partial charge in [0, 0.05) is 59.3 Å². The van der Waals surface area contributed by atoms with E-state index in [1.54, 1.807) is 24.3 Å². The topological polar surface area (TPSA) is 55.9 Å². The number of fused-ring (bicyclic) bond motifs is 4. The minimum Gasteiger partial charge on any atom is -0.507 e. The summed E-state index contributed by atoms with van der Waals surface area (Å²) in [6.45, 7) is 2.19. The second-order valence-electron chi connectivity index (χ2n) is 18.1. The molecule has 0 aliphatic heterocycles. The number of hydrogen-bond donors (Lipinski definition) is 1. The van der Waals surface area contributed by atoms with Gasteiger partial charge in [0.05, 0.1) is 22.3 Å². The molecule has 0 spiro atoms. The van der Waals surface area contributed by atoms with Crippen molar-refractivity contribution in [2.75, 3.05) is 0 Å². The fourth-order valence-electron chi connectivity index (χ4n) is 10.1. The van der Waals surface area contributed by atoms with Crippen molar-refractivity contribution < 1.29 is 30.3 Å². The van der Waals surface area contributed by atoms with Crippen molar-refractivity contribution >= 4 is 32.8 Å². The summed E-state index contributed by atoms with van der Waals surface area (Å²) in [7, 11) is 0. The summed E-state index contributed by atoms with van der Waals surface area (Å²) in [6, 6.07) is 77.2. The van der Waals surface area contributed by atoms with Crippen LogP contribution in [0.4, 0.5) is 0 Å². The third-order valence-electron chi connectivity index (χ3n) is 13.6. The van der Waals surface area contributed by atoms with Crippen LogP contribution in [0.2, 0.25) is 0 Å². The van der Waals surface area contributed by atoms with E-state index in [9.17, 15) is 5.11 Å². The molecule has 0 radical (unpaired) electrons. The van der Waals surface area contributed by atoms with Crippen molar-refractivity contribution in [1.29, 1.82) is 0 Å². The Kier molecular flexibility index (Phi) is 10.6. The van der Waals surface area contributed by atoms with Gasteiger partial charge in [-0.15, -0.1) is 11.6 Å². The summed E-state index contributed by atoms with van der Waals surface area (Å²) in [5.74, 6) is 0.569. The van der Waals surface area contributed by atoms with Crippen LogP contribution < -0.4 is 0 Å². The number of aromatic hydroxyl groups is 1. The molecule has 6 heteroatoms. The van der Waals surface area contributed by atoms with Crippen LogP contribution in [0.5, 0.6) is 5.75 Å². The Balaban J connectivity index is 0.00000574. The molecule has 0 aliphatic rings. The van der Waals surface area contributed by atoms with Crippen LogP contribution in [0.25, 0.3) is 100 Å². The van der Waals surface area contributed by atoms with Crippen LogP contribution in [0.3, 0.4) is 0 Å². The van der Waals surface area contributed by atoms with E-state index >= 15 is 0 Å². The summed E-state index contributed by atoms with van der Waals surface area (Å²) < 4.78 is 29.5. The van der Waals surface area contributed by atoms with Crippen molar-refractivity contribution in [3.8, 4) is 73.2 Å². The van der Waals surface area contributed by atoms with Gasteiger partial charge in [0.2, 0.25) is 0 Å². The summed E-state index contributed by atoms with van der Waals surface area (Å²) in [5.41, 5.74) is 15.2. The number of hydrogen-bond acceptors (Lipinski definition) is 3. The van der Waals surface area contributed by atoms with Gasteiger partial charge in [-0.05, 0) is 100 Å². The molecule has 0 saturated carbocycles. The standard InChI is InChI=1S/C64H47N4O.Pt/c1-42-30-35-57(53(38-42)44-18-7-4-8-19-44)68-58-28-17-26-50(62(58)66-63(68)52-25-14-16-29-60(52)69)54-39-46(41-59-61(54)51-24-13-15-27-56(51)67(59)49-22-11-6-12-23-49)55-40-45(36-37-65-55)43-31-33-48(34-32-43)64(2,3)47-20-9-5-10-21-47;/h4-38,40-41,69H,1-3H3;/q-1;/i1D3;. The van der Waals surface area contributed by atoms with Gasteiger partial charge in [0.15, 0.2) is 0 Å². The van der Waals surface area contributed by atoms with E-state index in [0.717, 1.165) is 72.1 Å². The van der Waals surface area contributed by atoms with Gasteiger partial charge in [-0.2, -0.15) is 0 Å². The maximum absolute atomic E-state index is 11.6. The molecule has 70 heavy (non-hydrogen) atoms. The molecule has 0 aliphatic carbocycles. The zero-order valence-corrected chi connectivity index (χ0v) is 40.7. The van der Waals surface area contributed by atoms with Gasteiger partial charge in [-0.3, -0.25) is 9.55 Å². The number of aryl methyl sites for hydroxylation is 1. The van der Waals surface area contributed by atoms with Gasteiger partial charge in [0.1, 0.15) is 11.6 Å². The maximum Gasteiger partial charge on any atom is 0.148 e. The zero-order chi connectivity index (χ0) is 49.1. The molecule has 3 heterocycles. The first-order valence-electron chi connectivity index (χ1n) is 24.7. The maximum atomic E-state index is 11.6. The Labute approximate surface area is 426 Å². The van der Waals surface area contributed by atoms with Crippen molar-refractivity contribution in [3.05, 3.63) is 247 Å². The van der Waals surface area contributed by atoms with Crippen molar-refractivity contribution in [2.45, 2.75) is 26.1 Å². The van der Waals surface area contributed by atoms with Crippen molar-refractivity contribution in [2.24, 2.45) is 0 Å². The number of rotatable bonds is 9. The normalized spacial score (nSPS) is 12.4. The Hall–Kier alpha value is -8.11. The number of pyridine rings is 1. The molecule has 340 valence electrons. The Bertz CT molecular complexity index is 4000. The fraction of sp³-hybridized carbons (Fsp3) is 0.0625.